The fourth-order valence-electron chi connectivity index (χ4n) is 2.56. The zero-order chi connectivity index (χ0) is 16.2. The molecule has 3 rings (SSSR count). The molecule has 0 radical (unpaired) electrons. The monoisotopic (exact) mass is 320 g/mol. The Bertz CT molecular complexity index is 641. The number of ether oxygens (including phenoxy) is 1. The summed E-state index contributed by atoms with van der Waals surface area (Å²) in [5.41, 5.74) is 0. The normalized spacial score (nSPS) is 20.3. The average Bonchev–Trinajstić information content (AvgIpc) is 3.18. The van der Waals surface area contributed by atoms with Crippen molar-refractivity contribution < 1.29 is 14.1 Å². The van der Waals surface area contributed by atoms with E-state index >= 15 is 0 Å². The Morgan fingerprint density at radius 2 is 2.43 bits per heavy atom. The predicted octanol–water partition coefficient (Wildman–Crippen LogP) is 0.303. The average molecular weight is 320 g/mol. The molecule has 0 bridgehead atoms. The maximum Gasteiger partial charge on any atom is 0.242 e. The maximum absolute atomic E-state index is 12.3. The molecule has 2 atom stereocenters. The second kappa shape index (κ2) is 6.88. The molecule has 1 aliphatic heterocycles. The lowest BCUT2D eigenvalue weighted by molar-refractivity contribution is -0.124. The van der Waals surface area contributed by atoms with Gasteiger partial charge in [0.05, 0.1) is 25.3 Å². The molecule has 1 aliphatic rings. The first-order valence-corrected chi connectivity index (χ1v) is 7.54. The van der Waals surface area contributed by atoms with Crippen LogP contribution in [0.25, 0.3) is 0 Å². The molecule has 3 heterocycles. The second-order valence-corrected chi connectivity index (χ2v) is 5.59. The van der Waals surface area contributed by atoms with Crippen LogP contribution in [0.1, 0.15) is 12.7 Å². The summed E-state index contributed by atoms with van der Waals surface area (Å²) in [4.78, 5) is 18.4. The van der Waals surface area contributed by atoms with E-state index in [1.807, 2.05) is 6.92 Å². The van der Waals surface area contributed by atoms with Gasteiger partial charge in [0.1, 0.15) is 18.4 Å². The van der Waals surface area contributed by atoms with Crippen molar-refractivity contribution in [2.45, 2.75) is 32.5 Å². The van der Waals surface area contributed by atoms with Crippen molar-refractivity contribution in [1.29, 1.82) is 0 Å². The Hall–Kier alpha value is -2.26. The number of nitrogens with one attached hydrogen (secondary N) is 1. The summed E-state index contributed by atoms with van der Waals surface area (Å²) in [7, 11) is 0. The Labute approximate surface area is 133 Å². The van der Waals surface area contributed by atoms with E-state index in [1.54, 1.807) is 24.0 Å². The van der Waals surface area contributed by atoms with E-state index in [9.17, 15) is 4.79 Å². The number of hydrogen-bond donors (Lipinski definition) is 1. The van der Waals surface area contributed by atoms with E-state index in [4.69, 9.17) is 9.26 Å². The molecule has 2 aromatic rings. The summed E-state index contributed by atoms with van der Waals surface area (Å²) < 4.78 is 12.4. The third kappa shape index (κ3) is 3.93. The standard InChI is InChI=1S/C14H20N6O3/c1-10-5-13(18-23-10)17-14(21)11(2)19-3-4-22-12(6-19)7-20-9-15-8-16-20/h5,8-9,11-12H,3-4,6-7H2,1-2H3,(H,17,18,21). The Kier molecular flexibility index (Phi) is 4.68. The van der Waals surface area contributed by atoms with Crippen LogP contribution < -0.4 is 5.32 Å². The molecule has 1 N–H and O–H groups in total. The largest absolute Gasteiger partial charge is 0.374 e. The Morgan fingerprint density at radius 3 is 3.13 bits per heavy atom. The van der Waals surface area contributed by atoms with Gasteiger partial charge in [-0.15, -0.1) is 0 Å². The number of amides is 1. The number of aromatic nitrogens is 4. The van der Waals surface area contributed by atoms with Crippen molar-refractivity contribution in [3.05, 3.63) is 24.5 Å². The Morgan fingerprint density at radius 1 is 1.57 bits per heavy atom. The summed E-state index contributed by atoms with van der Waals surface area (Å²) in [6.45, 7) is 6.23. The lowest BCUT2D eigenvalue weighted by atomic mass is 10.2. The van der Waals surface area contributed by atoms with Crippen LogP contribution in [0.2, 0.25) is 0 Å². The molecule has 9 heteroatoms. The van der Waals surface area contributed by atoms with Gasteiger partial charge in [0.2, 0.25) is 5.91 Å². The predicted molar refractivity (Wildman–Crippen MR) is 80.7 cm³/mol. The van der Waals surface area contributed by atoms with Crippen LogP contribution in [0.15, 0.2) is 23.2 Å². The molecule has 124 valence electrons. The summed E-state index contributed by atoms with van der Waals surface area (Å²) >= 11 is 0. The van der Waals surface area contributed by atoms with Gasteiger partial charge in [-0.1, -0.05) is 5.16 Å². The Balaban J connectivity index is 1.55. The molecule has 1 amide bonds. The molecule has 2 unspecified atom stereocenters. The SMILES string of the molecule is Cc1cc(NC(=O)C(C)N2CCOC(Cn3cncn3)C2)no1. The summed E-state index contributed by atoms with van der Waals surface area (Å²) in [6, 6.07) is 1.41. The minimum absolute atomic E-state index is 0.0185. The highest BCUT2D eigenvalue weighted by atomic mass is 16.5. The van der Waals surface area contributed by atoms with Crippen LogP contribution in [-0.4, -0.2) is 62.6 Å². The number of anilines is 1. The summed E-state index contributed by atoms with van der Waals surface area (Å²) in [5, 5.41) is 10.6. The fraction of sp³-hybridized carbons (Fsp3) is 0.571. The lowest BCUT2D eigenvalue weighted by Crippen LogP contribution is -2.51. The fourth-order valence-corrected chi connectivity index (χ4v) is 2.56. The van der Waals surface area contributed by atoms with Gasteiger partial charge in [-0.05, 0) is 13.8 Å². The zero-order valence-electron chi connectivity index (χ0n) is 13.2. The molecule has 1 saturated heterocycles. The minimum atomic E-state index is -0.283. The van der Waals surface area contributed by atoms with Crippen LogP contribution in [-0.2, 0) is 16.1 Å². The highest BCUT2D eigenvalue weighted by molar-refractivity contribution is 5.93. The maximum atomic E-state index is 12.3. The van der Waals surface area contributed by atoms with E-state index in [-0.39, 0.29) is 18.1 Å². The van der Waals surface area contributed by atoms with Crippen molar-refractivity contribution in [2.24, 2.45) is 0 Å². The van der Waals surface area contributed by atoms with Gasteiger partial charge in [0.15, 0.2) is 5.82 Å². The number of aryl methyl sites for hydroxylation is 1. The van der Waals surface area contributed by atoms with Crippen LogP contribution in [0.3, 0.4) is 0 Å². The molecular weight excluding hydrogens is 300 g/mol. The van der Waals surface area contributed by atoms with E-state index in [0.29, 0.717) is 37.8 Å². The van der Waals surface area contributed by atoms with Gasteiger partial charge in [0, 0.05) is 19.2 Å². The molecule has 0 spiro atoms. The van der Waals surface area contributed by atoms with Gasteiger partial charge in [-0.25, -0.2) is 4.98 Å². The number of nitrogens with zero attached hydrogens (tertiary/aromatic N) is 5. The smallest absolute Gasteiger partial charge is 0.242 e. The second-order valence-electron chi connectivity index (χ2n) is 5.59. The van der Waals surface area contributed by atoms with Gasteiger partial charge >= 0.3 is 0 Å². The van der Waals surface area contributed by atoms with Gasteiger partial charge in [-0.3, -0.25) is 14.4 Å². The minimum Gasteiger partial charge on any atom is -0.374 e. The van der Waals surface area contributed by atoms with Crippen molar-refractivity contribution in [3.8, 4) is 0 Å². The molecule has 2 aromatic heterocycles. The van der Waals surface area contributed by atoms with Crippen LogP contribution in [0.5, 0.6) is 0 Å². The molecule has 0 saturated carbocycles. The van der Waals surface area contributed by atoms with Crippen molar-refractivity contribution in [1.82, 2.24) is 24.8 Å². The van der Waals surface area contributed by atoms with Gasteiger partial charge < -0.3 is 14.6 Å². The van der Waals surface area contributed by atoms with E-state index in [2.05, 4.69) is 25.5 Å². The van der Waals surface area contributed by atoms with Crippen LogP contribution >= 0.6 is 0 Å². The third-order valence-electron chi connectivity index (χ3n) is 3.83. The zero-order valence-corrected chi connectivity index (χ0v) is 13.2. The van der Waals surface area contributed by atoms with Gasteiger partial charge in [0.25, 0.3) is 0 Å². The molecule has 1 fully saturated rings. The highest BCUT2D eigenvalue weighted by Gasteiger charge is 2.28. The molecule has 23 heavy (non-hydrogen) atoms. The van der Waals surface area contributed by atoms with E-state index in [0.717, 1.165) is 0 Å². The molecular formula is C14H20N6O3. The molecule has 9 nitrogen and oxygen atoms in total. The highest BCUT2D eigenvalue weighted by Crippen LogP contribution is 2.13. The third-order valence-corrected chi connectivity index (χ3v) is 3.83. The van der Waals surface area contributed by atoms with Crippen molar-refractivity contribution in [2.75, 3.05) is 25.0 Å². The van der Waals surface area contributed by atoms with Crippen LogP contribution in [0, 0.1) is 6.92 Å². The molecule has 0 aromatic carbocycles. The quantitative estimate of drug-likeness (QED) is 0.846. The van der Waals surface area contributed by atoms with E-state index < -0.39 is 0 Å². The first-order chi connectivity index (χ1) is 11.1. The molecule has 0 aliphatic carbocycles. The number of hydrogen-bond acceptors (Lipinski definition) is 7. The van der Waals surface area contributed by atoms with Crippen molar-refractivity contribution >= 4 is 11.7 Å². The van der Waals surface area contributed by atoms with E-state index in [1.165, 1.54) is 6.33 Å². The first-order valence-electron chi connectivity index (χ1n) is 7.54. The summed E-state index contributed by atoms with van der Waals surface area (Å²) in [6.07, 6.45) is 3.14. The number of carbonyl (C=O) groups is 1. The summed E-state index contributed by atoms with van der Waals surface area (Å²) in [5.74, 6) is 0.985. The first kappa shape index (κ1) is 15.6. The van der Waals surface area contributed by atoms with Crippen molar-refractivity contribution in [3.63, 3.8) is 0 Å². The van der Waals surface area contributed by atoms with Gasteiger partial charge in [-0.2, -0.15) is 5.10 Å². The number of carbonyl (C=O) groups excluding carboxylic acids is 1. The van der Waals surface area contributed by atoms with Crippen LogP contribution in [0.4, 0.5) is 5.82 Å². The lowest BCUT2D eigenvalue weighted by Gasteiger charge is -2.35. The topological polar surface area (TPSA) is 98.3 Å². The number of rotatable bonds is 5. The number of morpholine rings is 1.